The van der Waals surface area contributed by atoms with E-state index in [1.165, 1.54) is 30.3 Å². The SMILES string of the molecule is Cc1ccc(NC(=O)[C@@H]2C[C@H]3C=C[C@@H]2C3)cc1S(=O)(=O)Nc1ccc(F)cc1. The fraction of sp³-hybridized carbons (Fsp3) is 0.286. The first kappa shape index (κ1) is 18.7. The molecule has 0 radical (unpaired) electrons. The van der Waals surface area contributed by atoms with Gasteiger partial charge in [0.05, 0.1) is 4.90 Å². The summed E-state index contributed by atoms with van der Waals surface area (Å²) < 4.78 is 41.0. The van der Waals surface area contributed by atoms with Crippen molar-refractivity contribution in [3.8, 4) is 0 Å². The molecule has 0 spiro atoms. The minimum absolute atomic E-state index is 0.0614. The molecule has 28 heavy (non-hydrogen) atoms. The van der Waals surface area contributed by atoms with Crippen LogP contribution in [0.25, 0.3) is 0 Å². The van der Waals surface area contributed by atoms with E-state index in [1.807, 2.05) is 0 Å². The largest absolute Gasteiger partial charge is 0.326 e. The number of anilines is 2. The second-order valence-electron chi connectivity index (χ2n) is 7.47. The monoisotopic (exact) mass is 400 g/mol. The maximum absolute atomic E-state index is 13.0. The number of rotatable bonds is 5. The Morgan fingerprint density at radius 2 is 1.75 bits per heavy atom. The highest BCUT2D eigenvalue weighted by atomic mass is 32.2. The molecule has 2 aliphatic rings. The summed E-state index contributed by atoms with van der Waals surface area (Å²) in [4.78, 5) is 12.7. The number of nitrogens with one attached hydrogen (secondary N) is 2. The second kappa shape index (κ2) is 7.05. The van der Waals surface area contributed by atoms with E-state index in [-0.39, 0.29) is 28.3 Å². The number of halogens is 1. The van der Waals surface area contributed by atoms with E-state index in [0.29, 0.717) is 17.2 Å². The first-order valence-corrected chi connectivity index (χ1v) is 10.7. The molecule has 1 amide bonds. The van der Waals surface area contributed by atoms with Gasteiger partial charge in [-0.25, -0.2) is 12.8 Å². The van der Waals surface area contributed by atoms with Crippen molar-refractivity contribution in [1.29, 1.82) is 0 Å². The predicted molar refractivity (Wildman–Crippen MR) is 106 cm³/mol. The summed E-state index contributed by atoms with van der Waals surface area (Å²) in [5.74, 6) is 0.178. The van der Waals surface area contributed by atoms with E-state index in [2.05, 4.69) is 22.2 Å². The third-order valence-corrected chi connectivity index (χ3v) is 6.98. The molecule has 2 aliphatic carbocycles. The van der Waals surface area contributed by atoms with Gasteiger partial charge in [0.25, 0.3) is 10.0 Å². The van der Waals surface area contributed by atoms with Crippen LogP contribution in [0.4, 0.5) is 15.8 Å². The zero-order valence-electron chi connectivity index (χ0n) is 15.4. The standard InChI is InChI=1S/C21H21FN2O3S/c1-13-2-7-18(23-21(25)19-11-14-3-4-15(19)10-14)12-20(13)28(26,27)24-17-8-5-16(22)6-9-17/h2-9,12,14-15,19,24H,10-11H2,1H3,(H,23,25)/t14-,15+,19+/m0/s1. The zero-order chi connectivity index (χ0) is 19.9. The number of amides is 1. The number of carbonyl (C=O) groups is 1. The molecule has 1 fully saturated rings. The Balaban J connectivity index is 1.54. The normalized spacial score (nSPS) is 23.0. The van der Waals surface area contributed by atoms with E-state index >= 15 is 0 Å². The van der Waals surface area contributed by atoms with Crippen LogP contribution in [0.15, 0.2) is 59.5 Å². The fourth-order valence-electron chi connectivity index (χ4n) is 4.01. The van der Waals surface area contributed by atoms with Crippen LogP contribution in [0, 0.1) is 30.5 Å². The highest BCUT2D eigenvalue weighted by Gasteiger charge is 2.39. The smallest absolute Gasteiger partial charge is 0.262 e. The van der Waals surface area contributed by atoms with Crippen LogP contribution in [0.3, 0.4) is 0 Å². The van der Waals surface area contributed by atoms with Crippen LogP contribution < -0.4 is 10.0 Å². The molecule has 0 aliphatic heterocycles. The lowest BCUT2D eigenvalue weighted by molar-refractivity contribution is -0.120. The van der Waals surface area contributed by atoms with Gasteiger partial charge in [0.15, 0.2) is 0 Å². The topological polar surface area (TPSA) is 75.3 Å². The van der Waals surface area contributed by atoms with Gasteiger partial charge >= 0.3 is 0 Å². The van der Waals surface area contributed by atoms with Crippen molar-refractivity contribution in [2.45, 2.75) is 24.7 Å². The molecule has 7 heteroatoms. The minimum Gasteiger partial charge on any atom is -0.326 e. The van der Waals surface area contributed by atoms with Gasteiger partial charge in [-0.1, -0.05) is 18.2 Å². The summed E-state index contributed by atoms with van der Waals surface area (Å²) in [6.45, 7) is 1.69. The molecule has 4 rings (SSSR count). The van der Waals surface area contributed by atoms with Crippen LogP contribution in [0.5, 0.6) is 0 Å². The summed E-state index contributed by atoms with van der Waals surface area (Å²) in [7, 11) is -3.88. The molecule has 3 atom stereocenters. The molecule has 146 valence electrons. The molecule has 5 nitrogen and oxygen atoms in total. The highest BCUT2D eigenvalue weighted by molar-refractivity contribution is 7.92. The van der Waals surface area contributed by atoms with Crippen LogP contribution in [-0.4, -0.2) is 14.3 Å². The van der Waals surface area contributed by atoms with Gasteiger partial charge in [0.2, 0.25) is 5.91 Å². The van der Waals surface area contributed by atoms with Gasteiger partial charge in [0.1, 0.15) is 5.82 Å². The van der Waals surface area contributed by atoms with Gasteiger partial charge in [-0.05, 0) is 73.6 Å². The van der Waals surface area contributed by atoms with Gasteiger partial charge in [-0.2, -0.15) is 0 Å². The summed E-state index contributed by atoms with van der Waals surface area (Å²) >= 11 is 0. The number of sulfonamides is 1. The summed E-state index contributed by atoms with van der Waals surface area (Å²) in [5.41, 5.74) is 1.27. The summed E-state index contributed by atoms with van der Waals surface area (Å²) in [6.07, 6.45) is 6.14. The van der Waals surface area contributed by atoms with E-state index in [4.69, 9.17) is 0 Å². The first-order chi connectivity index (χ1) is 13.3. The maximum Gasteiger partial charge on any atom is 0.262 e. The van der Waals surface area contributed by atoms with Gasteiger partial charge in [-0.15, -0.1) is 0 Å². The van der Waals surface area contributed by atoms with Crippen molar-refractivity contribution in [2.24, 2.45) is 17.8 Å². The van der Waals surface area contributed by atoms with Crippen molar-refractivity contribution < 1.29 is 17.6 Å². The number of hydrogen-bond acceptors (Lipinski definition) is 3. The molecule has 2 N–H and O–H groups in total. The van der Waals surface area contributed by atoms with Crippen molar-refractivity contribution in [3.63, 3.8) is 0 Å². The lowest BCUT2D eigenvalue weighted by atomic mass is 9.93. The van der Waals surface area contributed by atoms with Crippen LogP contribution in [0.1, 0.15) is 18.4 Å². The predicted octanol–water partition coefficient (Wildman–Crippen LogP) is 4.09. The third kappa shape index (κ3) is 3.67. The Hall–Kier alpha value is -2.67. The summed E-state index contributed by atoms with van der Waals surface area (Å²) in [5, 5.41) is 2.87. The number of fused-ring (bicyclic) bond motifs is 2. The Labute approximate surface area is 163 Å². The molecule has 0 saturated heterocycles. The van der Waals surface area contributed by atoms with Gasteiger partial charge in [0, 0.05) is 17.3 Å². The van der Waals surface area contributed by atoms with Crippen LogP contribution in [-0.2, 0) is 14.8 Å². The maximum atomic E-state index is 13.0. The van der Waals surface area contributed by atoms with E-state index in [9.17, 15) is 17.6 Å². The minimum atomic E-state index is -3.88. The molecule has 0 unspecified atom stereocenters. The van der Waals surface area contributed by atoms with Gasteiger partial charge < -0.3 is 5.32 Å². The molecular weight excluding hydrogens is 379 g/mol. The van der Waals surface area contributed by atoms with E-state index in [1.54, 1.807) is 19.1 Å². The second-order valence-corrected chi connectivity index (χ2v) is 9.12. The van der Waals surface area contributed by atoms with E-state index < -0.39 is 15.8 Å². The number of hydrogen-bond donors (Lipinski definition) is 2. The average Bonchev–Trinajstić information content (AvgIpc) is 3.28. The number of benzene rings is 2. The first-order valence-electron chi connectivity index (χ1n) is 9.20. The Morgan fingerprint density at radius 1 is 1.04 bits per heavy atom. The average molecular weight is 400 g/mol. The molecular formula is C21H21FN2O3S. The Bertz CT molecular complexity index is 1050. The zero-order valence-corrected chi connectivity index (χ0v) is 16.2. The summed E-state index contributed by atoms with van der Waals surface area (Å²) in [6, 6.07) is 9.91. The van der Waals surface area contributed by atoms with Crippen molar-refractivity contribution in [1.82, 2.24) is 0 Å². The molecule has 0 heterocycles. The van der Waals surface area contributed by atoms with Crippen molar-refractivity contribution in [2.75, 3.05) is 10.0 Å². The number of allylic oxidation sites excluding steroid dienone is 2. The molecule has 1 saturated carbocycles. The van der Waals surface area contributed by atoms with Crippen LogP contribution >= 0.6 is 0 Å². The van der Waals surface area contributed by atoms with Crippen LogP contribution in [0.2, 0.25) is 0 Å². The quantitative estimate of drug-likeness (QED) is 0.743. The molecule has 2 bridgehead atoms. The lowest BCUT2D eigenvalue weighted by Gasteiger charge is -2.18. The van der Waals surface area contributed by atoms with Crippen molar-refractivity contribution in [3.05, 3.63) is 66.0 Å². The van der Waals surface area contributed by atoms with E-state index in [0.717, 1.165) is 12.8 Å². The molecule has 2 aromatic carbocycles. The number of carbonyl (C=O) groups excluding carboxylic acids is 1. The lowest BCUT2D eigenvalue weighted by Crippen LogP contribution is -2.26. The fourth-order valence-corrected chi connectivity index (χ4v) is 5.34. The number of aryl methyl sites for hydroxylation is 1. The Kier molecular flexibility index (Phi) is 4.71. The molecule has 2 aromatic rings. The molecule has 0 aromatic heterocycles. The van der Waals surface area contributed by atoms with Crippen molar-refractivity contribution >= 4 is 27.3 Å². The van der Waals surface area contributed by atoms with Gasteiger partial charge in [-0.3, -0.25) is 9.52 Å². The third-order valence-electron chi connectivity index (χ3n) is 5.46. The highest BCUT2D eigenvalue weighted by Crippen LogP contribution is 2.43. The Morgan fingerprint density at radius 3 is 2.39 bits per heavy atom.